The summed E-state index contributed by atoms with van der Waals surface area (Å²) < 4.78 is 5.70. The molecule has 0 fully saturated rings. The second-order valence-electron chi connectivity index (χ2n) is 8.20. The maximum absolute atomic E-state index is 13.1. The standard InChI is InChI=1S/C28H30N2O5S/c1-19(35-18-20-9-5-3-6-10-20)26(31)29-22-13-14-23(24(17-22)21-11-7-4-8-12-21)27(32)30-25(28(33)34)15-16-36-2/h3-14,17,19,25H,15-16,18H2,1-2H3,(H,29,31)(H,30,32)(H,33,34). The molecule has 2 amide bonds. The number of carboxylic acid groups (broad SMARTS) is 1. The van der Waals surface area contributed by atoms with Crippen LogP contribution in [0.3, 0.4) is 0 Å². The summed E-state index contributed by atoms with van der Waals surface area (Å²) in [6.07, 6.45) is 1.51. The van der Waals surface area contributed by atoms with Crippen LogP contribution in [-0.2, 0) is 20.9 Å². The first-order chi connectivity index (χ1) is 17.4. The van der Waals surface area contributed by atoms with E-state index in [2.05, 4.69) is 10.6 Å². The van der Waals surface area contributed by atoms with Crippen LogP contribution in [0.25, 0.3) is 11.1 Å². The Hall–Kier alpha value is -3.62. The van der Waals surface area contributed by atoms with Crippen molar-refractivity contribution >= 4 is 35.2 Å². The van der Waals surface area contributed by atoms with Crippen molar-refractivity contribution in [3.8, 4) is 11.1 Å². The van der Waals surface area contributed by atoms with Gasteiger partial charge in [-0.1, -0.05) is 60.7 Å². The molecule has 0 radical (unpaired) electrons. The molecule has 0 spiro atoms. The number of carboxylic acids is 1. The van der Waals surface area contributed by atoms with Gasteiger partial charge in [0.2, 0.25) is 0 Å². The molecule has 3 aromatic carbocycles. The predicted octanol–water partition coefficient (Wildman–Crippen LogP) is 4.83. The van der Waals surface area contributed by atoms with Crippen molar-refractivity contribution in [3.05, 3.63) is 90.0 Å². The average molecular weight is 507 g/mol. The summed E-state index contributed by atoms with van der Waals surface area (Å²) in [4.78, 5) is 37.5. The number of benzene rings is 3. The SMILES string of the molecule is CSCCC(NC(=O)c1ccc(NC(=O)C(C)OCc2ccccc2)cc1-c1ccccc1)C(=O)O. The first-order valence-electron chi connectivity index (χ1n) is 11.6. The lowest BCUT2D eigenvalue weighted by Gasteiger charge is -2.18. The van der Waals surface area contributed by atoms with Gasteiger partial charge in [-0.2, -0.15) is 11.8 Å². The summed E-state index contributed by atoms with van der Waals surface area (Å²) in [5, 5.41) is 15.0. The van der Waals surface area contributed by atoms with Gasteiger partial charge in [0.15, 0.2) is 0 Å². The topological polar surface area (TPSA) is 105 Å². The molecule has 7 nitrogen and oxygen atoms in total. The van der Waals surface area contributed by atoms with Crippen LogP contribution in [0.5, 0.6) is 0 Å². The number of amides is 2. The maximum atomic E-state index is 13.1. The predicted molar refractivity (Wildman–Crippen MR) is 143 cm³/mol. The Bertz CT molecular complexity index is 1170. The molecule has 3 rings (SSSR count). The number of anilines is 1. The van der Waals surface area contributed by atoms with Crippen LogP contribution < -0.4 is 10.6 Å². The molecule has 0 aliphatic heterocycles. The monoisotopic (exact) mass is 506 g/mol. The first kappa shape index (κ1) is 27.0. The Morgan fingerprint density at radius 3 is 2.28 bits per heavy atom. The zero-order valence-corrected chi connectivity index (χ0v) is 21.1. The molecule has 2 atom stereocenters. The van der Waals surface area contributed by atoms with Gasteiger partial charge < -0.3 is 20.5 Å². The quantitative estimate of drug-likeness (QED) is 0.325. The fourth-order valence-electron chi connectivity index (χ4n) is 3.52. The highest BCUT2D eigenvalue weighted by Gasteiger charge is 2.23. The van der Waals surface area contributed by atoms with Gasteiger partial charge in [0, 0.05) is 11.3 Å². The van der Waals surface area contributed by atoms with Crippen LogP contribution >= 0.6 is 11.8 Å². The van der Waals surface area contributed by atoms with Crippen LogP contribution in [0.2, 0.25) is 0 Å². The highest BCUT2D eigenvalue weighted by Crippen LogP contribution is 2.27. The van der Waals surface area contributed by atoms with E-state index in [0.717, 1.165) is 11.1 Å². The number of ether oxygens (including phenoxy) is 1. The molecule has 0 bridgehead atoms. The van der Waals surface area contributed by atoms with E-state index < -0.39 is 24.0 Å². The number of hydrogen-bond acceptors (Lipinski definition) is 5. The molecule has 0 saturated heterocycles. The molecule has 0 aliphatic carbocycles. The Kier molecular flexibility index (Phi) is 10.1. The van der Waals surface area contributed by atoms with Crippen LogP contribution in [0.15, 0.2) is 78.9 Å². The smallest absolute Gasteiger partial charge is 0.326 e. The molecule has 2 unspecified atom stereocenters. The van der Waals surface area contributed by atoms with Gasteiger partial charge in [0.05, 0.1) is 6.61 Å². The summed E-state index contributed by atoms with van der Waals surface area (Å²) in [5.41, 5.74) is 3.14. The molecule has 188 valence electrons. The van der Waals surface area contributed by atoms with Gasteiger partial charge in [0.25, 0.3) is 11.8 Å². The lowest BCUT2D eigenvalue weighted by atomic mass is 9.98. The minimum Gasteiger partial charge on any atom is -0.480 e. The number of aliphatic carboxylic acids is 1. The van der Waals surface area contributed by atoms with E-state index in [1.54, 1.807) is 25.1 Å². The van der Waals surface area contributed by atoms with E-state index in [1.807, 2.05) is 66.9 Å². The second kappa shape index (κ2) is 13.5. The number of nitrogens with one attached hydrogen (secondary N) is 2. The zero-order valence-electron chi connectivity index (χ0n) is 20.3. The minimum absolute atomic E-state index is 0.311. The molecular weight excluding hydrogens is 476 g/mol. The minimum atomic E-state index is -1.08. The largest absolute Gasteiger partial charge is 0.480 e. The van der Waals surface area contributed by atoms with Crippen LogP contribution in [0.1, 0.15) is 29.3 Å². The van der Waals surface area contributed by atoms with Crippen LogP contribution in [0, 0.1) is 0 Å². The van der Waals surface area contributed by atoms with E-state index in [4.69, 9.17) is 4.74 Å². The third kappa shape index (κ3) is 7.69. The number of hydrogen-bond donors (Lipinski definition) is 3. The Balaban J connectivity index is 1.78. The molecule has 36 heavy (non-hydrogen) atoms. The first-order valence-corrected chi connectivity index (χ1v) is 13.0. The van der Waals surface area contributed by atoms with Gasteiger partial charge in [-0.3, -0.25) is 9.59 Å². The van der Waals surface area contributed by atoms with Crippen molar-refractivity contribution in [2.24, 2.45) is 0 Å². The number of rotatable bonds is 12. The summed E-state index contributed by atoms with van der Waals surface area (Å²) in [6, 6.07) is 22.8. The van der Waals surface area contributed by atoms with Crippen molar-refractivity contribution in [1.82, 2.24) is 5.32 Å². The summed E-state index contributed by atoms with van der Waals surface area (Å²) in [6.45, 7) is 1.99. The van der Waals surface area contributed by atoms with Gasteiger partial charge in [-0.05, 0) is 60.2 Å². The second-order valence-corrected chi connectivity index (χ2v) is 9.19. The van der Waals surface area contributed by atoms with E-state index in [9.17, 15) is 19.5 Å². The van der Waals surface area contributed by atoms with Crippen LogP contribution in [-0.4, -0.2) is 47.0 Å². The van der Waals surface area contributed by atoms with E-state index >= 15 is 0 Å². The Morgan fingerprint density at radius 1 is 0.972 bits per heavy atom. The lowest BCUT2D eigenvalue weighted by molar-refractivity contribution is -0.139. The third-order valence-electron chi connectivity index (χ3n) is 5.54. The molecule has 0 aromatic heterocycles. The highest BCUT2D eigenvalue weighted by molar-refractivity contribution is 7.98. The highest BCUT2D eigenvalue weighted by atomic mass is 32.2. The number of carbonyl (C=O) groups excluding carboxylic acids is 2. The van der Waals surface area contributed by atoms with Crippen molar-refractivity contribution in [3.63, 3.8) is 0 Å². The molecular formula is C28H30N2O5S. The maximum Gasteiger partial charge on any atom is 0.326 e. The fourth-order valence-corrected chi connectivity index (χ4v) is 3.99. The van der Waals surface area contributed by atoms with Gasteiger partial charge >= 0.3 is 5.97 Å². The Labute approximate surface area is 215 Å². The van der Waals surface area contributed by atoms with Crippen molar-refractivity contribution in [1.29, 1.82) is 0 Å². The van der Waals surface area contributed by atoms with Gasteiger partial charge in [0.1, 0.15) is 12.1 Å². The van der Waals surface area contributed by atoms with E-state index in [0.29, 0.717) is 35.6 Å². The zero-order chi connectivity index (χ0) is 25.9. The number of thioether (sulfide) groups is 1. The van der Waals surface area contributed by atoms with E-state index in [-0.39, 0.29) is 5.91 Å². The molecule has 3 N–H and O–H groups in total. The average Bonchev–Trinajstić information content (AvgIpc) is 2.90. The summed E-state index contributed by atoms with van der Waals surface area (Å²) in [7, 11) is 0. The van der Waals surface area contributed by atoms with Gasteiger partial charge in [-0.15, -0.1) is 0 Å². The molecule has 0 saturated carbocycles. The fraction of sp³-hybridized carbons (Fsp3) is 0.250. The van der Waals surface area contributed by atoms with Crippen LogP contribution in [0.4, 0.5) is 5.69 Å². The molecule has 3 aromatic rings. The molecule has 0 heterocycles. The molecule has 8 heteroatoms. The van der Waals surface area contributed by atoms with Gasteiger partial charge in [-0.25, -0.2) is 4.79 Å². The lowest BCUT2D eigenvalue weighted by Crippen LogP contribution is -2.41. The van der Waals surface area contributed by atoms with Crippen molar-refractivity contribution in [2.75, 3.05) is 17.3 Å². The summed E-state index contributed by atoms with van der Waals surface area (Å²) in [5.74, 6) is -1.27. The normalized spacial score (nSPS) is 12.4. The number of carbonyl (C=O) groups is 3. The van der Waals surface area contributed by atoms with E-state index in [1.165, 1.54) is 11.8 Å². The summed E-state index contributed by atoms with van der Waals surface area (Å²) >= 11 is 1.52. The third-order valence-corrected chi connectivity index (χ3v) is 6.19. The van der Waals surface area contributed by atoms with Crippen molar-refractivity contribution < 1.29 is 24.2 Å². The Morgan fingerprint density at radius 2 is 1.64 bits per heavy atom. The van der Waals surface area contributed by atoms with Crippen molar-refractivity contribution in [2.45, 2.75) is 32.1 Å². The molecule has 0 aliphatic rings.